The van der Waals surface area contributed by atoms with E-state index in [0.29, 0.717) is 17.1 Å². The molecule has 2 aromatic rings. The number of hydrogen-bond acceptors (Lipinski definition) is 4. The van der Waals surface area contributed by atoms with Crippen molar-refractivity contribution in [2.75, 3.05) is 11.9 Å². The maximum atomic E-state index is 13.0. The fraction of sp³-hybridized carbons (Fsp3) is 0.182. The molecule has 82 valence electrons. The summed E-state index contributed by atoms with van der Waals surface area (Å²) in [7, 11) is 0. The summed E-state index contributed by atoms with van der Waals surface area (Å²) in [4.78, 5) is 12.1. The molecule has 0 atom stereocenters. The molecule has 2 aromatic heterocycles. The van der Waals surface area contributed by atoms with Crippen LogP contribution in [0.4, 0.5) is 10.2 Å². The van der Waals surface area contributed by atoms with Crippen LogP contribution in [0.15, 0.2) is 30.9 Å². The van der Waals surface area contributed by atoms with Crippen molar-refractivity contribution < 1.29 is 4.39 Å². The first-order valence-electron chi connectivity index (χ1n) is 4.96. The predicted molar refractivity (Wildman–Crippen MR) is 59.4 cm³/mol. The molecule has 0 aliphatic rings. The lowest BCUT2D eigenvalue weighted by molar-refractivity contribution is 0.622. The number of hydrogen-bond donors (Lipinski definition) is 1. The average molecular weight is 218 g/mol. The molecular formula is C11H11FN4. The molecule has 0 aliphatic carbocycles. The van der Waals surface area contributed by atoms with E-state index < -0.39 is 0 Å². The van der Waals surface area contributed by atoms with Crippen LogP contribution in [0.1, 0.15) is 6.92 Å². The van der Waals surface area contributed by atoms with E-state index in [1.54, 1.807) is 18.6 Å². The van der Waals surface area contributed by atoms with Crippen LogP contribution in [-0.4, -0.2) is 21.5 Å². The molecular weight excluding hydrogens is 207 g/mol. The molecule has 0 unspecified atom stereocenters. The molecule has 0 saturated carbocycles. The van der Waals surface area contributed by atoms with Crippen LogP contribution in [0.2, 0.25) is 0 Å². The van der Waals surface area contributed by atoms with Crippen molar-refractivity contribution in [3.05, 3.63) is 36.7 Å². The van der Waals surface area contributed by atoms with Gasteiger partial charge in [0, 0.05) is 18.3 Å². The molecule has 0 aliphatic heterocycles. The average Bonchev–Trinajstić information content (AvgIpc) is 2.30. The smallest absolute Gasteiger partial charge is 0.145 e. The summed E-state index contributed by atoms with van der Waals surface area (Å²) in [6.07, 6.45) is 5.92. The Morgan fingerprint density at radius 3 is 2.75 bits per heavy atom. The third-order valence-corrected chi connectivity index (χ3v) is 1.99. The maximum absolute atomic E-state index is 13.0. The number of rotatable bonds is 3. The van der Waals surface area contributed by atoms with Crippen molar-refractivity contribution in [2.45, 2.75) is 6.92 Å². The van der Waals surface area contributed by atoms with Crippen LogP contribution in [0.25, 0.3) is 11.3 Å². The van der Waals surface area contributed by atoms with Crippen molar-refractivity contribution >= 4 is 5.82 Å². The Morgan fingerprint density at radius 1 is 1.19 bits per heavy atom. The van der Waals surface area contributed by atoms with Gasteiger partial charge in [-0.15, -0.1) is 0 Å². The zero-order valence-electron chi connectivity index (χ0n) is 8.81. The van der Waals surface area contributed by atoms with Gasteiger partial charge in [0.25, 0.3) is 0 Å². The molecule has 4 nitrogen and oxygen atoms in total. The minimum absolute atomic E-state index is 0.381. The molecule has 2 rings (SSSR count). The number of nitrogens with zero attached hydrogens (tertiary/aromatic N) is 3. The van der Waals surface area contributed by atoms with Crippen LogP contribution in [-0.2, 0) is 0 Å². The van der Waals surface area contributed by atoms with Gasteiger partial charge in [-0.25, -0.2) is 9.37 Å². The van der Waals surface area contributed by atoms with Gasteiger partial charge in [0.1, 0.15) is 11.6 Å². The van der Waals surface area contributed by atoms with Crippen molar-refractivity contribution in [3.63, 3.8) is 0 Å². The lowest BCUT2D eigenvalue weighted by Crippen LogP contribution is -2.00. The fourth-order valence-electron chi connectivity index (χ4n) is 1.32. The fourth-order valence-corrected chi connectivity index (χ4v) is 1.32. The van der Waals surface area contributed by atoms with Crippen LogP contribution in [0.3, 0.4) is 0 Å². The normalized spacial score (nSPS) is 10.1. The van der Waals surface area contributed by atoms with Gasteiger partial charge in [-0.1, -0.05) is 0 Å². The van der Waals surface area contributed by atoms with E-state index >= 15 is 0 Å². The molecule has 0 fully saturated rings. The first-order valence-corrected chi connectivity index (χ1v) is 4.96. The lowest BCUT2D eigenvalue weighted by atomic mass is 10.2. The van der Waals surface area contributed by atoms with Gasteiger partial charge in [0.2, 0.25) is 0 Å². The monoisotopic (exact) mass is 218 g/mol. The summed E-state index contributed by atoms with van der Waals surface area (Å²) in [5.74, 6) is 0.289. The number of aromatic nitrogens is 3. The molecule has 5 heteroatoms. The SMILES string of the molecule is CCNc1cncc(-c2cncc(F)c2)n1. The van der Waals surface area contributed by atoms with Gasteiger partial charge in [-0.05, 0) is 13.0 Å². The summed E-state index contributed by atoms with van der Waals surface area (Å²) in [6.45, 7) is 2.73. The molecule has 16 heavy (non-hydrogen) atoms. The Morgan fingerprint density at radius 2 is 2.00 bits per heavy atom. The van der Waals surface area contributed by atoms with Gasteiger partial charge in [0.05, 0.1) is 24.3 Å². The molecule has 0 saturated heterocycles. The largest absolute Gasteiger partial charge is 0.369 e. The van der Waals surface area contributed by atoms with Crippen molar-refractivity contribution in [2.24, 2.45) is 0 Å². The number of pyridine rings is 1. The maximum Gasteiger partial charge on any atom is 0.145 e. The predicted octanol–water partition coefficient (Wildman–Crippen LogP) is 2.11. The second-order valence-corrected chi connectivity index (χ2v) is 3.21. The van der Waals surface area contributed by atoms with Crippen molar-refractivity contribution in [1.29, 1.82) is 0 Å². The second-order valence-electron chi connectivity index (χ2n) is 3.21. The highest BCUT2D eigenvalue weighted by Gasteiger charge is 2.03. The minimum Gasteiger partial charge on any atom is -0.369 e. The third-order valence-electron chi connectivity index (χ3n) is 1.99. The summed E-state index contributed by atoms with van der Waals surface area (Å²) in [5.41, 5.74) is 1.22. The third kappa shape index (κ3) is 2.31. The highest BCUT2D eigenvalue weighted by Crippen LogP contribution is 2.17. The Balaban J connectivity index is 2.36. The molecule has 0 bridgehead atoms. The van der Waals surface area contributed by atoms with E-state index in [1.807, 2.05) is 6.92 Å². The first-order chi connectivity index (χ1) is 7.79. The van der Waals surface area contributed by atoms with E-state index in [0.717, 1.165) is 12.7 Å². The van der Waals surface area contributed by atoms with Crippen LogP contribution >= 0.6 is 0 Å². The van der Waals surface area contributed by atoms with Crippen molar-refractivity contribution in [1.82, 2.24) is 15.0 Å². The Hall–Kier alpha value is -2.04. The zero-order valence-corrected chi connectivity index (χ0v) is 8.81. The van der Waals surface area contributed by atoms with Crippen LogP contribution in [0.5, 0.6) is 0 Å². The van der Waals surface area contributed by atoms with E-state index in [4.69, 9.17) is 0 Å². The number of halogens is 1. The Bertz CT molecular complexity index is 487. The van der Waals surface area contributed by atoms with Gasteiger partial charge in [-0.2, -0.15) is 0 Å². The summed E-state index contributed by atoms with van der Waals surface area (Å²) in [6, 6.07) is 1.38. The van der Waals surface area contributed by atoms with E-state index in [2.05, 4.69) is 20.3 Å². The van der Waals surface area contributed by atoms with Gasteiger partial charge in [0.15, 0.2) is 0 Å². The second kappa shape index (κ2) is 4.65. The first kappa shape index (κ1) is 10.5. The molecule has 0 radical (unpaired) electrons. The number of nitrogens with one attached hydrogen (secondary N) is 1. The van der Waals surface area contributed by atoms with Gasteiger partial charge < -0.3 is 5.32 Å². The molecule has 0 amide bonds. The van der Waals surface area contributed by atoms with E-state index in [1.165, 1.54) is 6.07 Å². The standard InChI is InChI=1S/C11H11FN4/c1-2-15-11-7-14-6-10(16-11)8-3-9(12)5-13-4-8/h3-7H,2H2,1H3,(H,15,16). The molecule has 0 spiro atoms. The quantitative estimate of drug-likeness (QED) is 0.857. The van der Waals surface area contributed by atoms with Gasteiger partial charge >= 0.3 is 0 Å². The Kier molecular flexibility index (Phi) is 3.05. The highest BCUT2D eigenvalue weighted by atomic mass is 19.1. The van der Waals surface area contributed by atoms with Crippen LogP contribution in [0, 0.1) is 5.82 Å². The molecule has 0 aromatic carbocycles. The summed E-state index contributed by atoms with van der Waals surface area (Å²) >= 11 is 0. The molecule has 2 heterocycles. The molecule has 1 N–H and O–H groups in total. The summed E-state index contributed by atoms with van der Waals surface area (Å²) < 4.78 is 13.0. The van der Waals surface area contributed by atoms with Crippen molar-refractivity contribution in [3.8, 4) is 11.3 Å². The minimum atomic E-state index is -0.381. The van der Waals surface area contributed by atoms with E-state index in [-0.39, 0.29) is 5.82 Å². The zero-order chi connectivity index (χ0) is 11.4. The van der Waals surface area contributed by atoms with E-state index in [9.17, 15) is 4.39 Å². The lowest BCUT2D eigenvalue weighted by Gasteiger charge is -2.04. The van der Waals surface area contributed by atoms with Gasteiger partial charge in [-0.3, -0.25) is 9.97 Å². The Labute approximate surface area is 92.6 Å². The van der Waals surface area contributed by atoms with Crippen LogP contribution < -0.4 is 5.32 Å². The summed E-state index contributed by atoms with van der Waals surface area (Å²) in [5, 5.41) is 3.04. The highest BCUT2D eigenvalue weighted by molar-refractivity contribution is 5.58. The number of anilines is 1. The topological polar surface area (TPSA) is 50.7 Å².